The van der Waals surface area contributed by atoms with E-state index in [-0.39, 0.29) is 5.43 Å². The molecule has 0 atom stereocenters. The zero-order valence-corrected chi connectivity index (χ0v) is 7.51. The third-order valence-electron chi connectivity index (χ3n) is 1.83. The van der Waals surface area contributed by atoms with Crippen LogP contribution in [0.1, 0.15) is 0 Å². The molecule has 2 aromatic rings. The molecular weight excluding hydrogens is 168 g/mol. The standard InChI is InChI=1S/C8H10N4O/c1-10(2)12-5-3-7(13)8-9-4-6-11(8)12/h3-6H,1-2H3. The largest absolute Gasteiger partial charge is 0.304 e. The predicted octanol–water partition coefficient (Wildman–Crippen LogP) is -0.306. The van der Waals surface area contributed by atoms with Gasteiger partial charge in [-0.2, -0.15) is 4.79 Å². The van der Waals surface area contributed by atoms with Crippen LogP contribution in [-0.2, 0) is 0 Å². The Morgan fingerprint density at radius 3 is 2.85 bits per heavy atom. The van der Waals surface area contributed by atoms with E-state index in [1.807, 2.05) is 19.1 Å². The van der Waals surface area contributed by atoms with Gasteiger partial charge in [0.15, 0.2) is 0 Å². The summed E-state index contributed by atoms with van der Waals surface area (Å²) in [5.41, 5.74) is 0.374. The van der Waals surface area contributed by atoms with Crippen LogP contribution < -0.4 is 10.4 Å². The van der Waals surface area contributed by atoms with Crippen molar-refractivity contribution in [1.82, 2.24) is 14.3 Å². The number of hydrogen-bond acceptors (Lipinski definition) is 3. The van der Waals surface area contributed by atoms with Gasteiger partial charge in [0.25, 0.3) is 0 Å². The second-order valence-corrected chi connectivity index (χ2v) is 2.94. The summed E-state index contributed by atoms with van der Waals surface area (Å²) in [4.78, 5) is 17.1. The number of imidazole rings is 1. The van der Waals surface area contributed by atoms with Crippen molar-refractivity contribution in [3.05, 3.63) is 34.9 Å². The molecule has 2 rings (SSSR count). The Morgan fingerprint density at radius 2 is 2.15 bits per heavy atom. The minimum absolute atomic E-state index is 0.0666. The molecule has 0 fully saturated rings. The van der Waals surface area contributed by atoms with Crippen LogP contribution in [-0.4, -0.2) is 28.4 Å². The highest BCUT2D eigenvalue weighted by Gasteiger charge is 2.02. The van der Waals surface area contributed by atoms with Gasteiger partial charge in [-0.25, -0.2) is 9.50 Å². The summed E-state index contributed by atoms with van der Waals surface area (Å²) in [6.07, 6.45) is 5.06. The highest BCUT2D eigenvalue weighted by molar-refractivity contribution is 5.35. The first-order valence-corrected chi connectivity index (χ1v) is 3.93. The first kappa shape index (κ1) is 7.85. The van der Waals surface area contributed by atoms with E-state index in [2.05, 4.69) is 4.98 Å². The van der Waals surface area contributed by atoms with Gasteiger partial charge in [-0.15, -0.1) is 0 Å². The summed E-state index contributed by atoms with van der Waals surface area (Å²) in [6, 6.07) is 1.50. The lowest BCUT2D eigenvalue weighted by Crippen LogP contribution is -2.31. The summed E-state index contributed by atoms with van der Waals surface area (Å²) in [5.74, 6) is 0. The monoisotopic (exact) mass is 178 g/mol. The second kappa shape index (κ2) is 2.62. The molecule has 0 saturated heterocycles. The van der Waals surface area contributed by atoms with Gasteiger partial charge in [0.05, 0.1) is 0 Å². The average molecular weight is 178 g/mol. The van der Waals surface area contributed by atoms with Gasteiger partial charge < -0.3 is 5.01 Å². The lowest BCUT2D eigenvalue weighted by atomic mass is 10.5. The second-order valence-electron chi connectivity index (χ2n) is 2.94. The molecule has 0 aliphatic carbocycles. The van der Waals surface area contributed by atoms with Crippen LogP contribution >= 0.6 is 0 Å². The number of rotatable bonds is 1. The van der Waals surface area contributed by atoms with E-state index >= 15 is 0 Å². The SMILES string of the molecule is CN(C)n1ccc(=O)c2nccn21. The van der Waals surface area contributed by atoms with Crippen LogP contribution in [0, 0.1) is 0 Å². The normalized spacial score (nSPS) is 10.6. The Labute approximate surface area is 74.8 Å². The fraction of sp³-hybridized carbons (Fsp3) is 0.250. The van der Waals surface area contributed by atoms with Crippen molar-refractivity contribution >= 4 is 5.65 Å². The molecule has 0 aliphatic rings. The lowest BCUT2D eigenvalue weighted by Gasteiger charge is -2.17. The van der Waals surface area contributed by atoms with Crippen molar-refractivity contribution < 1.29 is 0 Å². The Hall–Kier alpha value is -1.78. The van der Waals surface area contributed by atoms with Gasteiger partial charge in [0.1, 0.15) is 0 Å². The number of fused-ring (bicyclic) bond motifs is 1. The molecule has 0 aromatic carbocycles. The van der Waals surface area contributed by atoms with Crippen molar-refractivity contribution in [2.45, 2.75) is 0 Å². The Bertz CT molecular complexity index is 482. The minimum atomic E-state index is -0.0666. The molecule has 0 bridgehead atoms. The summed E-state index contributed by atoms with van der Waals surface area (Å²) in [5, 5.41) is 1.86. The van der Waals surface area contributed by atoms with Crippen molar-refractivity contribution in [1.29, 1.82) is 0 Å². The van der Waals surface area contributed by atoms with E-state index in [0.29, 0.717) is 5.65 Å². The van der Waals surface area contributed by atoms with Crippen molar-refractivity contribution in [3.63, 3.8) is 0 Å². The molecule has 0 saturated carbocycles. The fourth-order valence-electron chi connectivity index (χ4n) is 1.25. The Morgan fingerprint density at radius 1 is 1.38 bits per heavy atom. The molecule has 13 heavy (non-hydrogen) atoms. The molecule has 2 heterocycles. The number of hydrogen-bond donors (Lipinski definition) is 0. The molecule has 0 spiro atoms. The highest BCUT2D eigenvalue weighted by Crippen LogP contribution is 1.93. The van der Waals surface area contributed by atoms with Gasteiger partial charge in [-0.05, 0) is 0 Å². The quantitative estimate of drug-likeness (QED) is 0.601. The highest BCUT2D eigenvalue weighted by atomic mass is 16.1. The van der Waals surface area contributed by atoms with E-state index in [1.54, 1.807) is 27.9 Å². The third-order valence-corrected chi connectivity index (χ3v) is 1.83. The van der Waals surface area contributed by atoms with Gasteiger partial charge in [0, 0.05) is 38.8 Å². The first-order valence-electron chi connectivity index (χ1n) is 3.93. The summed E-state index contributed by atoms with van der Waals surface area (Å²) < 4.78 is 1.70. The van der Waals surface area contributed by atoms with E-state index in [0.717, 1.165) is 0 Å². The van der Waals surface area contributed by atoms with E-state index in [4.69, 9.17) is 0 Å². The molecule has 0 N–H and O–H groups in total. The molecule has 0 radical (unpaired) electrons. The minimum Gasteiger partial charge on any atom is -0.304 e. The number of nitrogens with zero attached hydrogens (tertiary/aromatic N) is 4. The molecule has 5 heteroatoms. The average Bonchev–Trinajstić information content (AvgIpc) is 2.53. The topological polar surface area (TPSA) is 42.5 Å². The van der Waals surface area contributed by atoms with Crippen LogP contribution in [0.3, 0.4) is 0 Å². The summed E-state index contributed by atoms with van der Waals surface area (Å²) in [6.45, 7) is 0. The van der Waals surface area contributed by atoms with Gasteiger partial charge in [-0.3, -0.25) is 4.79 Å². The van der Waals surface area contributed by atoms with Crippen molar-refractivity contribution in [2.75, 3.05) is 19.1 Å². The van der Waals surface area contributed by atoms with E-state index in [1.165, 1.54) is 6.07 Å². The molecule has 68 valence electrons. The van der Waals surface area contributed by atoms with Crippen LogP contribution in [0.25, 0.3) is 5.65 Å². The number of aromatic nitrogens is 3. The van der Waals surface area contributed by atoms with Crippen LogP contribution in [0.2, 0.25) is 0 Å². The maximum Gasteiger partial charge on any atom is 0.224 e. The lowest BCUT2D eigenvalue weighted by molar-refractivity contribution is 0.584. The zero-order chi connectivity index (χ0) is 9.42. The zero-order valence-electron chi connectivity index (χ0n) is 7.51. The summed E-state index contributed by atoms with van der Waals surface area (Å²) in [7, 11) is 3.79. The molecule has 0 aliphatic heterocycles. The van der Waals surface area contributed by atoms with E-state index < -0.39 is 0 Å². The maximum atomic E-state index is 11.3. The summed E-state index contributed by atoms with van der Waals surface area (Å²) >= 11 is 0. The molecular formula is C8H10N4O. The van der Waals surface area contributed by atoms with Gasteiger partial charge >= 0.3 is 0 Å². The smallest absolute Gasteiger partial charge is 0.224 e. The van der Waals surface area contributed by atoms with Crippen molar-refractivity contribution in [2.24, 2.45) is 0 Å². The maximum absolute atomic E-state index is 11.3. The Kier molecular flexibility index (Phi) is 1.58. The van der Waals surface area contributed by atoms with E-state index in [9.17, 15) is 4.79 Å². The predicted molar refractivity (Wildman–Crippen MR) is 49.5 cm³/mol. The van der Waals surface area contributed by atoms with Crippen LogP contribution in [0.5, 0.6) is 0 Å². The Balaban J connectivity index is 2.86. The van der Waals surface area contributed by atoms with Gasteiger partial charge in [0.2, 0.25) is 11.1 Å². The fourth-order valence-corrected chi connectivity index (χ4v) is 1.25. The van der Waals surface area contributed by atoms with Crippen LogP contribution in [0.15, 0.2) is 29.5 Å². The van der Waals surface area contributed by atoms with Crippen molar-refractivity contribution in [3.8, 4) is 0 Å². The molecule has 0 amide bonds. The molecule has 5 nitrogen and oxygen atoms in total. The third kappa shape index (κ3) is 1.09. The van der Waals surface area contributed by atoms with Gasteiger partial charge in [-0.1, -0.05) is 0 Å². The first-order chi connectivity index (χ1) is 6.20. The molecule has 2 aromatic heterocycles. The molecule has 0 unspecified atom stereocenters. The van der Waals surface area contributed by atoms with Crippen LogP contribution in [0.4, 0.5) is 0 Å².